The second-order valence-electron chi connectivity index (χ2n) is 6.64. The summed E-state index contributed by atoms with van der Waals surface area (Å²) in [5.41, 5.74) is 0.674. The molecule has 8 atom stereocenters. The first-order valence-electron chi connectivity index (χ1n) is 8.26. The Labute approximate surface area is 141 Å². The summed E-state index contributed by atoms with van der Waals surface area (Å²) in [6.45, 7) is 3.32. The van der Waals surface area contributed by atoms with E-state index in [0.29, 0.717) is 5.57 Å². The molecule has 2 fully saturated rings. The number of aliphatic hydroxyl groups is 6. The summed E-state index contributed by atoms with van der Waals surface area (Å²) in [5, 5.41) is 57.5. The number of rotatable bonds is 7. The molecule has 2 aliphatic rings. The molecule has 1 heterocycles. The van der Waals surface area contributed by atoms with Crippen LogP contribution in [0.2, 0.25) is 0 Å². The SMILES string of the molecule is C=C(CO)[C@H]1CC[C@H](CO)[C@H]1CO[C@@H]1O[C@@H](CO)[C@@H](O)[C@@H](O)[C@@H]1O. The van der Waals surface area contributed by atoms with Gasteiger partial charge in [0.25, 0.3) is 0 Å². The summed E-state index contributed by atoms with van der Waals surface area (Å²) in [7, 11) is 0. The fraction of sp³-hybridized carbons (Fsp3) is 0.875. The van der Waals surface area contributed by atoms with E-state index in [-0.39, 0.29) is 37.6 Å². The predicted molar refractivity (Wildman–Crippen MR) is 82.7 cm³/mol. The van der Waals surface area contributed by atoms with E-state index < -0.39 is 37.3 Å². The van der Waals surface area contributed by atoms with Crippen LogP contribution in [0, 0.1) is 17.8 Å². The molecule has 0 bridgehead atoms. The lowest BCUT2D eigenvalue weighted by Gasteiger charge is -2.40. The van der Waals surface area contributed by atoms with Gasteiger partial charge in [0.1, 0.15) is 24.4 Å². The molecule has 0 aromatic carbocycles. The van der Waals surface area contributed by atoms with Crippen molar-refractivity contribution < 1.29 is 40.1 Å². The van der Waals surface area contributed by atoms with Crippen LogP contribution in [0.25, 0.3) is 0 Å². The summed E-state index contributed by atoms with van der Waals surface area (Å²) >= 11 is 0. The summed E-state index contributed by atoms with van der Waals surface area (Å²) in [4.78, 5) is 0. The first-order chi connectivity index (χ1) is 11.4. The molecule has 1 aliphatic carbocycles. The Hall–Kier alpha value is -0.580. The van der Waals surface area contributed by atoms with E-state index in [4.69, 9.17) is 9.47 Å². The largest absolute Gasteiger partial charge is 0.396 e. The van der Waals surface area contributed by atoms with Crippen LogP contribution in [0.5, 0.6) is 0 Å². The Bertz CT molecular complexity index is 415. The molecule has 0 aromatic rings. The highest BCUT2D eigenvalue weighted by Crippen LogP contribution is 2.41. The second kappa shape index (κ2) is 8.68. The number of hydrogen-bond donors (Lipinski definition) is 6. The van der Waals surface area contributed by atoms with Gasteiger partial charge in [-0.05, 0) is 36.2 Å². The molecular weight excluding hydrogens is 320 g/mol. The maximum atomic E-state index is 9.99. The van der Waals surface area contributed by atoms with Crippen LogP contribution in [0.1, 0.15) is 12.8 Å². The third-order valence-corrected chi connectivity index (χ3v) is 5.23. The Morgan fingerprint density at radius 2 is 1.71 bits per heavy atom. The Kier molecular flexibility index (Phi) is 7.14. The van der Waals surface area contributed by atoms with Crippen LogP contribution >= 0.6 is 0 Å². The molecule has 2 rings (SSSR count). The van der Waals surface area contributed by atoms with E-state index in [1.54, 1.807) is 0 Å². The molecule has 8 heteroatoms. The molecule has 24 heavy (non-hydrogen) atoms. The van der Waals surface area contributed by atoms with E-state index in [2.05, 4.69) is 6.58 Å². The standard InChI is InChI=1S/C16H28O8/c1-8(4-17)10-3-2-9(5-18)11(10)7-23-16-15(22)14(21)13(20)12(6-19)24-16/h9-22H,1-7H2/t9-,10-,11-,12+,13-,14-,15+,16-/m1/s1. The van der Waals surface area contributed by atoms with Crippen molar-refractivity contribution in [3.63, 3.8) is 0 Å². The van der Waals surface area contributed by atoms with E-state index in [1.807, 2.05) is 0 Å². The zero-order chi connectivity index (χ0) is 17.9. The minimum Gasteiger partial charge on any atom is -0.396 e. The van der Waals surface area contributed by atoms with Crippen LogP contribution in [0.15, 0.2) is 12.2 Å². The Morgan fingerprint density at radius 3 is 2.29 bits per heavy atom. The highest BCUT2D eigenvalue weighted by molar-refractivity contribution is 5.07. The first kappa shape index (κ1) is 19.7. The van der Waals surface area contributed by atoms with Crippen LogP contribution in [0.3, 0.4) is 0 Å². The van der Waals surface area contributed by atoms with Crippen molar-refractivity contribution in [1.29, 1.82) is 0 Å². The van der Waals surface area contributed by atoms with Gasteiger partial charge in [0.05, 0.1) is 19.8 Å². The van der Waals surface area contributed by atoms with Crippen molar-refractivity contribution in [2.24, 2.45) is 17.8 Å². The van der Waals surface area contributed by atoms with Crippen molar-refractivity contribution in [2.75, 3.05) is 26.4 Å². The van der Waals surface area contributed by atoms with Gasteiger partial charge in [0, 0.05) is 6.61 Å². The topological polar surface area (TPSA) is 140 Å². The Morgan fingerprint density at radius 1 is 1.00 bits per heavy atom. The lowest BCUT2D eigenvalue weighted by Crippen LogP contribution is -2.59. The molecule has 1 saturated carbocycles. The fourth-order valence-electron chi connectivity index (χ4n) is 3.66. The van der Waals surface area contributed by atoms with Gasteiger partial charge in [-0.3, -0.25) is 0 Å². The van der Waals surface area contributed by atoms with E-state index in [9.17, 15) is 30.6 Å². The molecule has 0 spiro atoms. The van der Waals surface area contributed by atoms with E-state index in [0.717, 1.165) is 12.8 Å². The van der Waals surface area contributed by atoms with E-state index in [1.165, 1.54) is 0 Å². The fourth-order valence-corrected chi connectivity index (χ4v) is 3.66. The van der Waals surface area contributed by atoms with Gasteiger partial charge >= 0.3 is 0 Å². The lowest BCUT2D eigenvalue weighted by atomic mass is 9.86. The molecule has 1 aliphatic heterocycles. The number of aliphatic hydroxyl groups excluding tert-OH is 6. The van der Waals surface area contributed by atoms with Crippen molar-refractivity contribution >= 4 is 0 Å². The zero-order valence-electron chi connectivity index (χ0n) is 13.6. The summed E-state index contributed by atoms with van der Waals surface area (Å²) in [6, 6.07) is 0. The van der Waals surface area contributed by atoms with Crippen LogP contribution in [-0.4, -0.2) is 87.8 Å². The van der Waals surface area contributed by atoms with Crippen molar-refractivity contribution in [3.05, 3.63) is 12.2 Å². The first-order valence-corrected chi connectivity index (χ1v) is 8.26. The molecule has 0 radical (unpaired) electrons. The smallest absolute Gasteiger partial charge is 0.186 e. The van der Waals surface area contributed by atoms with Crippen LogP contribution in [0.4, 0.5) is 0 Å². The maximum Gasteiger partial charge on any atom is 0.186 e. The normalized spacial score (nSPS) is 43.1. The van der Waals surface area contributed by atoms with Gasteiger partial charge < -0.3 is 40.1 Å². The predicted octanol–water partition coefficient (Wildman–Crippen LogP) is -2.01. The minimum atomic E-state index is -1.48. The minimum absolute atomic E-state index is 0.00274. The highest BCUT2D eigenvalue weighted by Gasteiger charge is 2.45. The third kappa shape index (κ3) is 3.97. The van der Waals surface area contributed by atoms with E-state index >= 15 is 0 Å². The average Bonchev–Trinajstić information content (AvgIpc) is 3.01. The van der Waals surface area contributed by atoms with Crippen molar-refractivity contribution in [1.82, 2.24) is 0 Å². The maximum absolute atomic E-state index is 9.99. The highest BCUT2D eigenvalue weighted by atomic mass is 16.7. The Balaban J connectivity index is 2.00. The van der Waals surface area contributed by atoms with Crippen LogP contribution < -0.4 is 0 Å². The molecule has 0 amide bonds. The third-order valence-electron chi connectivity index (χ3n) is 5.23. The molecule has 1 saturated heterocycles. The quantitative estimate of drug-likeness (QED) is 0.290. The van der Waals surface area contributed by atoms with Gasteiger partial charge in [-0.25, -0.2) is 0 Å². The van der Waals surface area contributed by atoms with Gasteiger partial charge in [-0.2, -0.15) is 0 Å². The average molecular weight is 348 g/mol. The molecule has 0 aromatic heterocycles. The van der Waals surface area contributed by atoms with Gasteiger partial charge in [-0.1, -0.05) is 6.58 Å². The monoisotopic (exact) mass is 348 g/mol. The number of ether oxygens (including phenoxy) is 2. The molecular formula is C16H28O8. The van der Waals surface area contributed by atoms with Gasteiger partial charge in [-0.15, -0.1) is 0 Å². The van der Waals surface area contributed by atoms with Crippen molar-refractivity contribution in [2.45, 2.75) is 43.5 Å². The summed E-state index contributed by atoms with van der Waals surface area (Å²) < 4.78 is 10.9. The second-order valence-corrected chi connectivity index (χ2v) is 6.64. The summed E-state index contributed by atoms with van der Waals surface area (Å²) in [6.07, 6.45) is -5.01. The lowest BCUT2D eigenvalue weighted by molar-refractivity contribution is -0.304. The van der Waals surface area contributed by atoms with Crippen LogP contribution in [-0.2, 0) is 9.47 Å². The molecule has 8 nitrogen and oxygen atoms in total. The zero-order valence-corrected chi connectivity index (χ0v) is 13.6. The summed E-state index contributed by atoms with van der Waals surface area (Å²) in [5.74, 6) is -0.109. The molecule has 6 N–H and O–H groups in total. The van der Waals surface area contributed by atoms with Crippen molar-refractivity contribution in [3.8, 4) is 0 Å². The number of hydrogen-bond acceptors (Lipinski definition) is 8. The molecule has 140 valence electrons. The van der Waals surface area contributed by atoms with Gasteiger partial charge in [0.2, 0.25) is 0 Å². The van der Waals surface area contributed by atoms with Gasteiger partial charge in [0.15, 0.2) is 6.29 Å². The molecule has 0 unspecified atom stereocenters.